The number of anilines is 2. The molecule has 4 rings (SSSR count). The molecule has 0 aliphatic rings. The van der Waals surface area contributed by atoms with Crippen molar-refractivity contribution in [3.05, 3.63) is 78.4 Å². The second-order valence-corrected chi connectivity index (χ2v) is 8.87. The number of sulfonamides is 1. The molecular weight excluding hydrogens is 440 g/mol. The summed E-state index contributed by atoms with van der Waals surface area (Å²) in [4.78, 5) is 9.26. The number of rotatable bonds is 9. The lowest BCUT2D eigenvalue weighted by Gasteiger charge is -2.15. The first-order valence-corrected chi connectivity index (χ1v) is 11.8. The van der Waals surface area contributed by atoms with E-state index in [9.17, 15) is 8.42 Å². The van der Waals surface area contributed by atoms with E-state index in [-0.39, 0.29) is 10.7 Å². The van der Waals surface area contributed by atoms with Crippen molar-refractivity contribution < 1.29 is 17.9 Å². The van der Waals surface area contributed by atoms with Gasteiger partial charge in [-0.2, -0.15) is 0 Å². The van der Waals surface area contributed by atoms with E-state index in [1.54, 1.807) is 38.5 Å². The molecule has 8 nitrogen and oxygen atoms in total. The highest BCUT2D eigenvalue weighted by atomic mass is 32.2. The minimum absolute atomic E-state index is 0.134. The highest BCUT2D eigenvalue weighted by molar-refractivity contribution is 7.92. The average molecular weight is 465 g/mol. The Kier molecular flexibility index (Phi) is 6.60. The summed E-state index contributed by atoms with van der Waals surface area (Å²) < 4.78 is 39.1. The van der Waals surface area contributed by atoms with Crippen LogP contribution in [0.3, 0.4) is 0 Å². The van der Waals surface area contributed by atoms with E-state index in [2.05, 4.69) is 20.0 Å². The number of aromatic nitrogens is 2. The number of fused-ring (bicyclic) bond motifs is 1. The van der Waals surface area contributed by atoms with Gasteiger partial charge in [-0.3, -0.25) is 4.72 Å². The van der Waals surface area contributed by atoms with Crippen LogP contribution in [0, 0.1) is 0 Å². The van der Waals surface area contributed by atoms with Crippen LogP contribution in [0.5, 0.6) is 11.5 Å². The second-order valence-electron chi connectivity index (χ2n) is 7.18. The van der Waals surface area contributed by atoms with E-state index in [1.165, 1.54) is 12.1 Å². The number of para-hydroxylation sites is 2. The van der Waals surface area contributed by atoms with Gasteiger partial charge in [0.05, 0.1) is 30.1 Å². The van der Waals surface area contributed by atoms with Gasteiger partial charge in [-0.05, 0) is 54.4 Å². The largest absolute Gasteiger partial charge is 0.497 e. The number of methoxy groups -OCH3 is 2. The first-order valence-electron chi connectivity index (χ1n) is 10.3. The molecular formula is C24H24N4O4S. The third-order valence-electron chi connectivity index (χ3n) is 5.03. The maximum absolute atomic E-state index is 12.9. The fraction of sp³-hybridized carbons (Fsp3) is 0.167. The van der Waals surface area contributed by atoms with Gasteiger partial charge in [-0.15, -0.1) is 0 Å². The minimum atomic E-state index is -3.83. The molecule has 3 aromatic carbocycles. The number of ether oxygens (including phenoxy) is 2. The summed E-state index contributed by atoms with van der Waals surface area (Å²) in [5, 5.41) is 3.22. The SMILES string of the molecule is COc1ccc(OC)c(CCNc2nc3ccccc3nc2NS(=O)(=O)c2ccccc2)c1. The lowest BCUT2D eigenvalue weighted by Crippen LogP contribution is -2.17. The van der Waals surface area contributed by atoms with Crippen molar-refractivity contribution in [1.82, 2.24) is 9.97 Å². The quantitative estimate of drug-likeness (QED) is 0.384. The van der Waals surface area contributed by atoms with Crippen molar-refractivity contribution in [2.24, 2.45) is 0 Å². The van der Waals surface area contributed by atoms with Crippen molar-refractivity contribution in [2.75, 3.05) is 30.8 Å². The first kappa shape index (κ1) is 22.3. The molecule has 0 fully saturated rings. The number of nitrogens with zero attached hydrogens (tertiary/aromatic N) is 2. The molecule has 0 saturated heterocycles. The predicted octanol–water partition coefficient (Wildman–Crippen LogP) is 4.10. The van der Waals surface area contributed by atoms with Gasteiger partial charge in [-0.1, -0.05) is 30.3 Å². The summed E-state index contributed by atoms with van der Waals surface area (Å²) in [6.45, 7) is 0.469. The summed E-state index contributed by atoms with van der Waals surface area (Å²) in [6, 6.07) is 21.0. The number of benzene rings is 3. The van der Waals surface area contributed by atoms with E-state index >= 15 is 0 Å². The Balaban J connectivity index is 1.62. The molecule has 0 aliphatic heterocycles. The molecule has 0 unspecified atom stereocenters. The molecule has 170 valence electrons. The Labute approximate surface area is 192 Å². The zero-order chi connectivity index (χ0) is 23.3. The van der Waals surface area contributed by atoms with Crippen molar-refractivity contribution in [3.63, 3.8) is 0 Å². The molecule has 0 spiro atoms. The van der Waals surface area contributed by atoms with Gasteiger partial charge in [0.15, 0.2) is 11.6 Å². The van der Waals surface area contributed by atoms with E-state index in [1.807, 2.05) is 36.4 Å². The predicted molar refractivity (Wildman–Crippen MR) is 129 cm³/mol. The van der Waals surface area contributed by atoms with E-state index in [0.29, 0.717) is 29.8 Å². The summed E-state index contributed by atoms with van der Waals surface area (Å²) in [6.07, 6.45) is 0.597. The van der Waals surface area contributed by atoms with Gasteiger partial charge in [0.2, 0.25) is 0 Å². The summed E-state index contributed by atoms with van der Waals surface area (Å²) in [7, 11) is -0.605. The van der Waals surface area contributed by atoms with Crippen molar-refractivity contribution in [3.8, 4) is 11.5 Å². The van der Waals surface area contributed by atoms with Crippen LogP contribution >= 0.6 is 0 Å². The topological polar surface area (TPSA) is 102 Å². The van der Waals surface area contributed by atoms with Gasteiger partial charge in [0.1, 0.15) is 11.5 Å². The summed E-state index contributed by atoms with van der Waals surface area (Å²) in [5.74, 6) is 1.95. The van der Waals surface area contributed by atoms with E-state index in [0.717, 1.165) is 17.1 Å². The van der Waals surface area contributed by atoms with Crippen LogP contribution in [-0.4, -0.2) is 39.2 Å². The summed E-state index contributed by atoms with van der Waals surface area (Å²) >= 11 is 0. The molecule has 33 heavy (non-hydrogen) atoms. The smallest absolute Gasteiger partial charge is 0.263 e. The molecule has 0 saturated carbocycles. The molecule has 1 heterocycles. The molecule has 0 bridgehead atoms. The van der Waals surface area contributed by atoms with Gasteiger partial charge in [-0.25, -0.2) is 18.4 Å². The number of hydrogen-bond donors (Lipinski definition) is 2. The summed E-state index contributed by atoms with van der Waals surface area (Å²) in [5.41, 5.74) is 2.19. The Morgan fingerprint density at radius 1 is 0.818 bits per heavy atom. The van der Waals surface area contributed by atoms with Crippen LogP contribution in [0.4, 0.5) is 11.6 Å². The molecule has 0 aliphatic carbocycles. The van der Waals surface area contributed by atoms with E-state index < -0.39 is 10.0 Å². The first-order chi connectivity index (χ1) is 16.0. The Bertz CT molecular complexity index is 1360. The van der Waals surface area contributed by atoms with Gasteiger partial charge < -0.3 is 14.8 Å². The molecule has 4 aromatic rings. The number of nitrogens with one attached hydrogen (secondary N) is 2. The molecule has 9 heteroatoms. The second kappa shape index (κ2) is 9.74. The fourth-order valence-electron chi connectivity index (χ4n) is 3.37. The molecule has 2 N–H and O–H groups in total. The maximum Gasteiger partial charge on any atom is 0.263 e. The Hall–Kier alpha value is -3.85. The van der Waals surface area contributed by atoms with Gasteiger partial charge >= 0.3 is 0 Å². The molecule has 0 radical (unpaired) electrons. The third kappa shape index (κ3) is 5.15. The molecule has 0 atom stereocenters. The average Bonchev–Trinajstić information content (AvgIpc) is 2.84. The zero-order valence-corrected chi connectivity index (χ0v) is 19.1. The number of hydrogen-bond acceptors (Lipinski definition) is 7. The Morgan fingerprint density at radius 3 is 2.15 bits per heavy atom. The Morgan fingerprint density at radius 2 is 1.48 bits per heavy atom. The van der Waals surface area contributed by atoms with Crippen LogP contribution < -0.4 is 19.5 Å². The maximum atomic E-state index is 12.9. The van der Waals surface area contributed by atoms with Crippen LogP contribution in [0.15, 0.2) is 77.7 Å². The lowest BCUT2D eigenvalue weighted by atomic mass is 10.1. The monoisotopic (exact) mass is 464 g/mol. The fourth-order valence-corrected chi connectivity index (χ4v) is 4.40. The van der Waals surface area contributed by atoms with Crippen LogP contribution in [-0.2, 0) is 16.4 Å². The normalized spacial score (nSPS) is 11.2. The highest BCUT2D eigenvalue weighted by Gasteiger charge is 2.18. The standard InChI is InChI=1S/C24H24N4O4S/c1-31-18-12-13-22(32-2)17(16-18)14-15-25-23-24(27-21-11-7-6-10-20(21)26-23)28-33(29,30)19-8-4-3-5-9-19/h3-13,16H,14-15H2,1-2H3,(H,25,26)(H,27,28). The zero-order valence-electron chi connectivity index (χ0n) is 18.3. The van der Waals surface area contributed by atoms with Crippen molar-refractivity contribution in [2.45, 2.75) is 11.3 Å². The third-order valence-corrected chi connectivity index (χ3v) is 6.38. The highest BCUT2D eigenvalue weighted by Crippen LogP contribution is 2.26. The molecule has 1 aromatic heterocycles. The van der Waals surface area contributed by atoms with Crippen molar-refractivity contribution in [1.29, 1.82) is 0 Å². The van der Waals surface area contributed by atoms with Gasteiger partial charge in [0.25, 0.3) is 10.0 Å². The minimum Gasteiger partial charge on any atom is -0.497 e. The van der Waals surface area contributed by atoms with Crippen LogP contribution in [0.2, 0.25) is 0 Å². The van der Waals surface area contributed by atoms with Crippen molar-refractivity contribution >= 4 is 32.7 Å². The molecule has 0 amide bonds. The van der Waals surface area contributed by atoms with Crippen LogP contribution in [0.25, 0.3) is 11.0 Å². The van der Waals surface area contributed by atoms with Gasteiger partial charge in [0, 0.05) is 6.54 Å². The van der Waals surface area contributed by atoms with Crippen LogP contribution in [0.1, 0.15) is 5.56 Å². The van der Waals surface area contributed by atoms with E-state index in [4.69, 9.17) is 9.47 Å². The lowest BCUT2D eigenvalue weighted by molar-refractivity contribution is 0.399.